The summed E-state index contributed by atoms with van der Waals surface area (Å²) in [5.74, 6) is 1.69. The lowest BCUT2D eigenvalue weighted by Crippen LogP contribution is -2.41. The Hall–Kier alpha value is -1.56. The van der Waals surface area contributed by atoms with E-state index in [0.717, 1.165) is 6.54 Å². The third kappa shape index (κ3) is 3.50. The highest BCUT2D eigenvalue weighted by atomic mass is 16.5. The smallest absolute Gasteiger partial charge is 0.232 e. The molecule has 20 heavy (non-hydrogen) atoms. The van der Waals surface area contributed by atoms with Crippen LogP contribution in [-0.4, -0.2) is 43.3 Å². The molecule has 1 saturated carbocycles. The number of ether oxygens (including phenoxy) is 2. The molecular formula is C14H24N4O2. The molecule has 0 saturated heterocycles. The van der Waals surface area contributed by atoms with E-state index in [0.29, 0.717) is 30.3 Å². The first-order chi connectivity index (χ1) is 9.78. The Morgan fingerprint density at radius 2 is 1.75 bits per heavy atom. The molecule has 0 amide bonds. The minimum Gasteiger partial charge on any atom is -0.481 e. The number of nitrogens with two attached hydrogens (primary N) is 1. The summed E-state index contributed by atoms with van der Waals surface area (Å²) in [6.45, 7) is 1.33. The topological polar surface area (TPSA) is 73.5 Å². The molecule has 6 nitrogen and oxygen atoms in total. The summed E-state index contributed by atoms with van der Waals surface area (Å²) in [6.07, 6.45) is 6.17. The van der Waals surface area contributed by atoms with Gasteiger partial charge in [-0.3, -0.25) is 0 Å². The highest BCUT2D eigenvalue weighted by Crippen LogP contribution is 2.27. The van der Waals surface area contributed by atoms with Gasteiger partial charge in [0.05, 0.1) is 20.3 Å². The number of aromatic nitrogens is 2. The van der Waals surface area contributed by atoms with E-state index in [-0.39, 0.29) is 0 Å². The lowest BCUT2D eigenvalue weighted by molar-refractivity contribution is 0.366. The number of anilines is 1. The van der Waals surface area contributed by atoms with Crippen molar-refractivity contribution >= 4 is 5.95 Å². The molecule has 0 unspecified atom stereocenters. The fourth-order valence-corrected chi connectivity index (χ4v) is 2.71. The van der Waals surface area contributed by atoms with Crippen LogP contribution in [0.1, 0.15) is 32.1 Å². The van der Waals surface area contributed by atoms with E-state index in [4.69, 9.17) is 15.2 Å². The molecule has 1 aromatic rings. The maximum atomic E-state index is 5.75. The number of hydrogen-bond acceptors (Lipinski definition) is 6. The van der Waals surface area contributed by atoms with Crippen LogP contribution >= 0.6 is 0 Å². The SMILES string of the molecule is COc1cc(OC)nc(N(CCN)C2CCCCC2)n1. The zero-order valence-corrected chi connectivity index (χ0v) is 12.3. The molecule has 2 rings (SSSR count). The monoisotopic (exact) mass is 280 g/mol. The van der Waals surface area contributed by atoms with Gasteiger partial charge in [-0.1, -0.05) is 19.3 Å². The Bertz CT molecular complexity index is 399. The van der Waals surface area contributed by atoms with Crippen LogP contribution < -0.4 is 20.1 Å². The molecular weight excluding hydrogens is 256 g/mol. The first kappa shape index (κ1) is 14.8. The molecule has 0 aromatic carbocycles. The summed E-state index contributed by atoms with van der Waals surface area (Å²) in [6, 6.07) is 2.15. The Kier molecular flexibility index (Phi) is 5.40. The first-order valence-electron chi connectivity index (χ1n) is 7.22. The van der Waals surface area contributed by atoms with Crippen molar-refractivity contribution in [2.75, 3.05) is 32.2 Å². The van der Waals surface area contributed by atoms with E-state index >= 15 is 0 Å². The van der Waals surface area contributed by atoms with Crippen LogP contribution in [0.2, 0.25) is 0 Å². The molecule has 0 atom stereocenters. The third-order valence-electron chi connectivity index (χ3n) is 3.73. The van der Waals surface area contributed by atoms with Crippen molar-refractivity contribution in [2.24, 2.45) is 5.73 Å². The molecule has 1 fully saturated rings. The minimum absolute atomic E-state index is 0.462. The lowest BCUT2D eigenvalue weighted by atomic mass is 9.94. The van der Waals surface area contributed by atoms with Crippen LogP contribution in [-0.2, 0) is 0 Å². The van der Waals surface area contributed by atoms with Gasteiger partial charge in [0.25, 0.3) is 0 Å². The minimum atomic E-state index is 0.462. The summed E-state index contributed by atoms with van der Waals surface area (Å²) in [5, 5.41) is 0. The average molecular weight is 280 g/mol. The van der Waals surface area contributed by atoms with Gasteiger partial charge in [-0.15, -0.1) is 0 Å². The van der Waals surface area contributed by atoms with Crippen LogP contribution in [0.25, 0.3) is 0 Å². The Labute approximate surface area is 120 Å². The van der Waals surface area contributed by atoms with E-state index in [1.807, 2.05) is 0 Å². The van der Waals surface area contributed by atoms with Gasteiger partial charge in [0.15, 0.2) is 0 Å². The zero-order valence-electron chi connectivity index (χ0n) is 12.3. The van der Waals surface area contributed by atoms with Crippen molar-refractivity contribution in [2.45, 2.75) is 38.1 Å². The number of rotatable bonds is 6. The van der Waals surface area contributed by atoms with Crippen molar-refractivity contribution < 1.29 is 9.47 Å². The fourth-order valence-electron chi connectivity index (χ4n) is 2.71. The molecule has 0 spiro atoms. The van der Waals surface area contributed by atoms with E-state index in [9.17, 15) is 0 Å². The van der Waals surface area contributed by atoms with E-state index in [1.54, 1.807) is 20.3 Å². The molecule has 1 aliphatic rings. The summed E-state index contributed by atoms with van der Waals surface area (Å²) in [5.41, 5.74) is 5.75. The van der Waals surface area contributed by atoms with Crippen LogP contribution in [0.4, 0.5) is 5.95 Å². The largest absolute Gasteiger partial charge is 0.481 e. The van der Waals surface area contributed by atoms with Crippen LogP contribution in [0.5, 0.6) is 11.8 Å². The molecule has 112 valence electrons. The molecule has 1 aromatic heterocycles. The third-order valence-corrected chi connectivity index (χ3v) is 3.73. The average Bonchev–Trinajstić information content (AvgIpc) is 2.52. The van der Waals surface area contributed by atoms with Crippen molar-refractivity contribution in [1.29, 1.82) is 0 Å². The summed E-state index contributed by atoms with van der Waals surface area (Å²) < 4.78 is 10.4. The van der Waals surface area contributed by atoms with Crippen molar-refractivity contribution in [3.63, 3.8) is 0 Å². The van der Waals surface area contributed by atoms with Crippen molar-refractivity contribution in [3.8, 4) is 11.8 Å². The van der Waals surface area contributed by atoms with Gasteiger partial charge >= 0.3 is 0 Å². The summed E-state index contributed by atoms with van der Waals surface area (Å²) in [7, 11) is 3.19. The zero-order chi connectivity index (χ0) is 14.4. The number of nitrogens with zero attached hydrogens (tertiary/aromatic N) is 3. The van der Waals surface area contributed by atoms with Gasteiger partial charge in [-0.25, -0.2) is 0 Å². The van der Waals surface area contributed by atoms with E-state index < -0.39 is 0 Å². The highest BCUT2D eigenvalue weighted by molar-refractivity contribution is 5.38. The molecule has 0 radical (unpaired) electrons. The quantitative estimate of drug-likeness (QED) is 0.853. The number of hydrogen-bond donors (Lipinski definition) is 1. The first-order valence-corrected chi connectivity index (χ1v) is 7.22. The van der Waals surface area contributed by atoms with Crippen LogP contribution in [0.3, 0.4) is 0 Å². The van der Waals surface area contributed by atoms with Crippen LogP contribution in [0.15, 0.2) is 6.07 Å². The maximum absolute atomic E-state index is 5.75. The van der Waals surface area contributed by atoms with Gasteiger partial charge in [-0.2, -0.15) is 9.97 Å². The molecule has 1 heterocycles. The Balaban J connectivity index is 2.27. The van der Waals surface area contributed by atoms with Crippen molar-refractivity contribution in [1.82, 2.24) is 9.97 Å². The molecule has 0 aliphatic heterocycles. The Morgan fingerprint density at radius 3 is 2.25 bits per heavy atom. The van der Waals surface area contributed by atoms with Gasteiger partial charge in [0, 0.05) is 19.1 Å². The molecule has 0 bridgehead atoms. The molecule has 6 heteroatoms. The second-order valence-corrected chi connectivity index (χ2v) is 5.03. The second-order valence-electron chi connectivity index (χ2n) is 5.03. The van der Waals surface area contributed by atoms with Gasteiger partial charge in [0.1, 0.15) is 0 Å². The predicted octanol–water partition coefficient (Wildman–Crippen LogP) is 1.59. The standard InChI is InChI=1S/C14H24N4O2/c1-19-12-10-13(20-2)17-14(16-12)18(9-8-15)11-6-4-3-5-7-11/h10-11H,3-9,15H2,1-2H3. The summed E-state index contributed by atoms with van der Waals surface area (Å²) >= 11 is 0. The van der Waals surface area contributed by atoms with Gasteiger partial charge in [0.2, 0.25) is 17.7 Å². The van der Waals surface area contributed by atoms with Gasteiger partial charge < -0.3 is 20.1 Å². The normalized spacial score (nSPS) is 15.9. The second kappa shape index (κ2) is 7.28. The van der Waals surface area contributed by atoms with Crippen molar-refractivity contribution in [3.05, 3.63) is 6.07 Å². The predicted molar refractivity (Wildman–Crippen MR) is 78.4 cm³/mol. The van der Waals surface area contributed by atoms with E-state index in [1.165, 1.54) is 32.1 Å². The number of methoxy groups -OCH3 is 2. The molecule has 2 N–H and O–H groups in total. The Morgan fingerprint density at radius 1 is 1.15 bits per heavy atom. The maximum Gasteiger partial charge on any atom is 0.232 e. The fraction of sp³-hybridized carbons (Fsp3) is 0.714. The van der Waals surface area contributed by atoms with Gasteiger partial charge in [-0.05, 0) is 12.8 Å². The molecule has 1 aliphatic carbocycles. The highest BCUT2D eigenvalue weighted by Gasteiger charge is 2.23. The summed E-state index contributed by atoms with van der Waals surface area (Å²) in [4.78, 5) is 11.1. The van der Waals surface area contributed by atoms with E-state index in [2.05, 4.69) is 14.9 Å². The van der Waals surface area contributed by atoms with Crippen LogP contribution in [0, 0.1) is 0 Å². The lowest BCUT2D eigenvalue weighted by Gasteiger charge is -2.34.